The summed E-state index contributed by atoms with van der Waals surface area (Å²) in [6.45, 7) is 5.25. The lowest BCUT2D eigenvalue weighted by Gasteiger charge is -2.26. The van der Waals surface area contributed by atoms with Crippen LogP contribution in [-0.2, 0) is 13.0 Å². The minimum absolute atomic E-state index is 0.439. The standard InChI is InChI=1S/C20H27NO2/c1-15-6-11-20(23-5)18(12-15)14-21(3)16(2)13-17-7-9-19(22-4)10-8-17/h6-12,16H,13-14H2,1-5H3. The molecule has 0 spiro atoms. The Bertz CT molecular complexity index is 622. The normalized spacial score (nSPS) is 12.3. The fraction of sp³-hybridized carbons (Fsp3) is 0.400. The van der Waals surface area contributed by atoms with Gasteiger partial charge >= 0.3 is 0 Å². The molecule has 0 aromatic heterocycles. The average molecular weight is 313 g/mol. The summed E-state index contributed by atoms with van der Waals surface area (Å²) < 4.78 is 10.7. The van der Waals surface area contributed by atoms with Crippen LogP contribution < -0.4 is 9.47 Å². The van der Waals surface area contributed by atoms with Gasteiger partial charge in [-0.05, 0) is 51.1 Å². The van der Waals surface area contributed by atoms with Crippen molar-refractivity contribution < 1.29 is 9.47 Å². The van der Waals surface area contributed by atoms with E-state index in [0.717, 1.165) is 24.5 Å². The minimum atomic E-state index is 0.439. The van der Waals surface area contributed by atoms with Gasteiger partial charge in [-0.3, -0.25) is 4.90 Å². The molecule has 0 saturated carbocycles. The lowest BCUT2D eigenvalue weighted by Crippen LogP contribution is -2.30. The molecule has 3 heteroatoms. The molecule has 0 heterocycles. The molecule has 124 valence electrons. The molecule has 0 radical (unpaired) electrons. The van der Waals surface area contributed by atoms with E-state index in [9.17, 15) is 0 Å². The molecule has 0 aliphatic heterocycles. The van der Waals surface area contributed by atoms with Crippen LogP contribution in [0.3, 0.4) is 0 Å². The Labute approximate surface area is 139 Å². The Kier molecular flexibility index (Phi) is 6.05. The summed E-state index contributed by atoms with van der Waals surface area (Å²) in [6.07, 6.45) is 1.01. The van der Waals surface area contributed by atoms with E-state index in [1.165, 1.54) is 16.7 Å². The summed E-state index contributed by atoms with van der Waals surface area (Å²) in [5.41, 5.74) is 3.81. The van der Waals surface area contributed by atoms with Gasteiger partial charge in [0.25, 0.3) is 0 Å². The van der Waals surface area contributed by atoms with Crippen molar-refractivity contribution in [3.8, 4) is 11.5 Å². The molecule has 2 rings (SSSR count). The summed E-state index contributed by atoms with van der Waals surface area (Å²) in [5.74, 6) is 1.86. The second-order valence-electron chi connectivity index (χ2n) is 6.13. The molecular weight excluding hydrogens is 286 g/mol. The molecule has 0 N–H and O–H groups in total. The first-order valence-corrected chi connectivity index (χ1v) is 8.00. The van der Waals surface area contributed by atoms with Crippen molar-refractivity contribution in [2.75, 3.05) is 21.3 Å². The zero-order chi connectivity index (χ0) is 16.8. The fourth-order valence-corrected chi connectivity index (χ4v) is 2.71. The van der Waals surface area contributed by atoms with E-state index in [0.29, 0.717) is 6.04 Å². The van der Waals surface area contributed by atoms with Crippen LogP contribution in [0.25, 0.3) is 0 Å². The first-order valence-electron chi connectivity index (χ1n) is 8.00. The smallest absolute Gasteiger partial charge is 0.123 e. The predicted molar refractivity (Wildman–Crippen MR) is 95.4 cm³/mol. The lowest BCUT2D eigenvalue weighted by molar-refractivity contribution is 0.244. The van der Waals surface area contributed by atoms with Gasteiger partial charge in [0, 0.05) is 18.2 Å². The minimum Gasteiger partial charge on any atom is -0.497 e. The number of ether oxygens (including phenoxy) is 2. The lowest BCUT2D eigenvalue weighted by atomic mass is 10.0. The van der Waals surface area contributed by atoms with Gasteiger partial charge in [-0.15, -0.1) is 0 Å². The number of likely N-dealkylation sites (N-methyl/N-ethyl adjacent to an activating group) is 1. The Balaban J connectivity index is 2.01. The predicted octanol–water partition coefficient (Wildman–Crippen LogP) is 4.08. The first-order chi connectivity index (χ1) is 11.0. The number of benzene rings is 2. The van der Waals surface area contributed by atoms with Gasteiger partial charge in [0.05, 0.1) is 14.2 Å². The molecule has 3 nitrogen and oxygen atoms in total. The highest BCUT2D eigenvalue weighted by atomic mass is 16.5. The maximum Gasteiger partial charge on any atom is 0.123 e. The van der Waals surface area contributed by atoms with Crippen molar-refractivity contribution in [2.45, 2.75) is 32.9 Å². The molecule has 1 unspecified atom stereocenters. The maximum atomic E-state index is 5.48. The third kappa shape index (κ3) is 4.73. The van der Waals surface area contributed by atoms with Crippen LogP contribution in [0, 0.1) is 6.92 Å². The second-order valence-corrected chi connectivity index (χ2v) is 6.13. The maximum absolute atomic E-state index is 5.48. The molecular formula is C20H27NO2. The molecule has 2 aromatic rings. The quantitative estimate of drug-likeness (QED) is 0.769. The number of hydrogen-bond donors (Lipinski definition) is 0. The van der Waals surface area contributed by atoms with Crippen LogP contribution in [-0.4, -0.2) is 32.2 Å². The van der Waals surface area contributed by atoms with Crippen LogP contribution in [0.4, 0.5) is 0 Å². The number of hydrogen-bond acceptors (Lipinski definition) is 3. The number of methoxy groups -OCH3 is 2. The van der Waals surface area contributed by atoms with Crippen LogP contribution in [0.5, 0.6) is 11.5 Å². The zero-order valence-electron chi connectivity index (χ0n) is 14.8. The van der Waals surface area contributed by atoms with Gasteiger partial charge in [0.1, 0.15) is 11.5 Å². The van der Waals surface area contributed by atoms with Crippen LogP contribution in [0.2, 0.25) is 0 Å². The van der Waals surface area contributed by atoms with Crippen molar-refractivity contribution in [3.05, 3.63) is 59.2 Å². The van der Waals surface area contributed by atoms with Crippen molar-refractivity contribution in [1.29, 1.82) is 0 Å². The van der Waals surface area contributed by atoms with Gasteiger partial charge in [-0.2, -0.15) is 0 Å². The van der Waals surface area contributed by atoms with E-state index in [1.807, 2.05) is 18.2 Å². The number of rotatable bonds is 7. The molecule has 0 aliphatic carbocycles. The Morgan fingerprint density at radius 2 is 1.70 bits per heavy atom. The van der Waals surface area contributed by atoms with E-state index >= 15 is 0 Å². The highest BCUT2D eigenvalue weighted by molar-refractivity contribution is 5.36. The third-order valence-electron chi connectivity index (χ3n) is 4.30. The van der Waals surface area contributed by atoms with Crippen molar-refractivity contribution in [3.63, 3.8) is 0 Å². The van der Waals surface area contributed by atoms with E-state index < -0.39 is 0 Å². The van der Waals surface area contributed by atoms with E-state index in [2.05, 4.69) is 50.1 Å². The molecule has 0 aliphatic rings. The third-order valence-corrected chi connectivity index (χ3v) is 4.30. The van der Waals surface area contributed by atoms with Crippen LogP contribution in [0.1, 0.15) is 23.6 Å². The van der Waals surface area contributed by atoms with Gasteiger partial charge in [0.15, 0.2) is 0 Å². The van der Waals surface area contributed by atoms with E-state index in [4.69, 9.17) is 9.47 Å². The summed E-state index contributed by atoms with van der Waals surface area (Å²) in [4.78, 5) is 2.36. The zero-order valence-corrected chi connectivity index (χ0v) is 14.8. The molecule has 0 fully saturated rings. The first kappa shape index (κ1) is 17.4. The van der Waals surface area contributed by atoms with Crippen molar-refractivity contribution in [1.82, 2.24) is 4.90 Å². The molecule has 1 atom stereocenters. The van der Waals surface area contributed by atoms with Gasteiger partial charge in [-0.25, -0.2) is 0 Å². The highest BCUT2D eigenvalue weighted by Crippen LogP contribution is 2.22. The Morgan fingerprint density at radius 3 is 2.30 bits per heavy atom. The van der Waals surface area contributed by atoms with E-state index in [-0.39, 0.29) is 0 Å². The average Bonchev–Trinajstić information content (AvgIpc) is 2.55. The molecule has 0 saturated heterocycles. The number of nitrogens with zero attached hydrogens (tertiary/aromatic N) is 1. The van der Waals surface area contributed by atoms with Crippen LogP contribution >= 0.6 is 0 Å². The molecule has 23 heavy (non-hydrogen) atoms. The van der Waals surface area contributed by atoms with Gasteiger partial charge in [0.2, 0.25) is 0 Å². The SMILES string of the molecule is COc1ccc(CC(C)N(C)Cc2cc(C)ccc2OC)cc1. The number of aryl methyl sites for hydroxylation is 1. The second kappa shape index (κ2) is 8.02. The molecule has 0 amide bonds. The van der Waals surface area contributed by atoms with Crippen LogP contribution in [0.15, 0.2) is 42.5 Å². The van der Waals surface area contributed by atoms with E-state index in [1.54, 1.807) is 14.2 Å². The Hall–Kier alpha value is -2.00. The summed E-state index contributed by atoms with van der Waals surface area (Å²) >= 11 is 0. The topological polar surface area (TPSA) is 21.7 Å². The van der Waals surface area contributed by atoms with Gasteiger partial charge < -0.3 is 9.47 Å². The fourth-order valence-electron chi connectivity index (χ4n) is 2.71. The van der Waals surface area contributed by atoms with Crippen molar-refractivity contribution >= 4 is 0 Å². The van der Waals surface area contributed by atoms with Gasteiger partial charge in [-0.1, -0.05) is 29.8 Å². The highest BCUT2D eigenvalue weighted by Gasteiger charge is 2.13. The summed E-state index contributed by atoms with van der Waals surface area (Å²) in [6, 6.07) is 15.1. The largest absolute Gasteiger partial charge is 0.497 e. The molecule has 2 aromatic carbocycles. The molecule has 0 bridgehead atoms. The summed E-state index contributed by atoms with van der Waals surface area (Å²) in [5, 5.41) is 0. The van der Waals surface area contributed by atoms with Crippen molar-refractivity contribution in [2.24, 2.45) is 0 Å². The summed E-state index contributed by atoms with van der Waals surface area (Å²) in [7, 11) is 5.59. The monoisotopic (exact) mass is 313 g/mol. The Morgan fingerprint density at radius 1 is 1.00 bits per heavy atom.